The number of carbonyl (C=O) groups excluding carboxylic acids is 1. The Balaban J connectivity index is 1.73. The highest BCUT2D eigenvalue weighted by atomic mass is 16.3. The minimum absolute atomic E-state index is 0.0975. The molecule has 1 unspecified atom stereocenters. The fourth-order valence-electron chi connectivity index (χ4n) is 3.48. The van der Waals surface area contributed by atoms with Gasteiger partial charge >= 0.3 is 0 Å². The van der Waals surface area contributed by atoms with E-state index < -0.39 is 6.10 Å². The van der Waals surface area contributed by atoms with E-state index in [0.29, 0.717) is 6.54 Å². The van der Waals surface area contributed by atoms with Gasteiger partial charge in [-0.2, -0.15) is 5.10 Å². The number of hydrogen-bond acceptors (Lipinski definition) is 5. The van der Waals surface area contributed by atoms with E-state index >= 15 is 0 Å². The highest BCUT2D eigenvalue weighted by Crippen LogP contribution is 2.20. The second-order valence-corrected chi connectivity index (χ2v) is 7.51. The number of ketones is 1. The molecule has 2 aromatic heterocycles. The van der Waals surface area contributed by atoms with Crippen molar-refractivity contribution in [3.63, 3.8) is 0 Å². The molecular formula is C19H29N5O2. The van der Waals surface area contributed by atoms with E-state index in [2.05, 4.69) is 10.00 Å². The number of carbonyl (C=O) groups is 1. The topological polar surface area (TPSA) is 66.5 Å². The molecule has 0 saturated heterocycles. The number of aliphatic hydroxyl groups excluding tert-OH is 1. The Labute approximate surface area is 154 Å². The van der Waals surface area contributed by atoms with E-state index in [4.69, 9.17) is 0 Å². The van der Waals surface area contributed by atoms with Crippen molar-refractivity contribution in [2.24, 2.45) is 7.05 Å². The molecule has 0 spiro atoms. The number of aromatic nitrogens is 3. The predicted molar refractivity (Wildman–Crippen MR) is 99.9 cm³/mol. The number of aliphatic hydroxyl groups is 1. The highest BCUT2D eigenvalue weighted by molar-refractivity contribution is 5.94. The molecule has 7 heteroatoms. The number of nitrogens with zero attached hydrogens (tertiary/aromatic N) is 5. The Kier molecular flexibility index (Phi) is 5.60. The van der Waals surface area contributed by atoms with Crippen LogP contribution >= 0.6 is 0 Å². The van der Waals surface area contributed by atoms with Crippen molar-refractivity contribution in [1.82, 2.24) is 24.1 Å². The zero-order valence-corrected chi connectivity index (χ0v) is 16.1. The molecule has 0 amide bonds. The molecule has 1 aliphatic heterocycles. The molecule has 1 atom stereocenters. The zero-order chi connectivity index (χ0) is 18.8. The number of Topliss-reactive ketones (excluding diaryl/α,β-unsaturated/α-hetero) is 1. The summed E-state index contributed by atoms with van der Waals surface area (Å²) in [6.45, 7) is 5.61. The fourth-order valence-corrected chi connectivity index (χ4v) is 3.48. The van der Waals surface area contributed by atoms with Gasteiger partial charge in [0.2, 0.25) is 0 Å². The normalized spacial score (nSPS) is 16.5. The highest BCUT2D eigenvalue weighted by Gasteiger charge is 2.21. The van der Waals surface area contributed by atoms with Crippen molar-refractivity contribution in [2.75, 3.05) is 27.2 Å². The first-order valence-corrected chi connectivity index (χ1v) is 9.11. The summed E-state index contributed by atoms with van der Waals surface area (Å²) in [4.78, 5) is 15.9. The quantitative estimate of drug-likeness (QED) is 0.791. The number of aryl methyl sites for hydroxylation is 2. The molecule has 1 N–H and O–H groups in total. The van der Waals surface area contributed by atoms with Gasteiger partial charge in [-0.1, -0.05) is 0 Å². The van der Waals surface area contributed by atoms with Crippen LogP contribution in [0.15, 0.2) is 18.3 Å². The van der Waals surface area contributed by atoms with Crippen LogP contribution in [0.1, 0.15) is 46.9 Å². The lowest BCUT2D eigenvalue weighted by Gasteiger charge is -2.19. The van der Waals surface area contributed by atoms with Crippen molar-refractivity contribution < 1.29 is 9.90 Å². The van der Waals surface area contributed by atoms with E-state index in [1.54, 1.807) is 6.92 Å². The lowest BCUT2D eigenvalue weighted by Crippen LogP contribution is -2.24. The lowest BCUT2D eigenvalue weighted by atomic mass is 10.2. The van der Waals surface area contributed by atoms with Gasteiger partial charge in [-0.05, 0) is 39.6 Å². The van der Waals surface area contributed by atoms with Gasteiger partial charge in [-0.25, -0.2) is 0 Å². The van der Waals surface area contributed by atoms with Crippen molar-refractivity contribution in [2.45, 2.75) is 39.1 Å². The standard InChI is InChI=1S/C19H29N5O2/c1-14(25)15-8-16(22(4)10-15)11-23-6-5-7-24-17(12-23)9-18(20-24)19(26)13-21(2)3/h8-10,19,26H,5-7,11-13H2,1-4H3. The molecule has 1 aliphatic rings. The minimum Gasteiger partial charge on any atom is -0.385 e. The molecule has 0 bridgehead atoms. The van der Waals surface area contributed by atoms with Gasteiger partial charge in [-0.3, -0.25) is 14.4 Å². The summed E-state index contributed by atoms with van der Waals surface area (Å²) in [5.41, 5.74) is 3.78. The smallest absolute Gasteiger partial charge is 0.161 e. The van der Waals surface area contributed by atoms with Crippen molar-refractivity contribution in [3.8, 4) is 0 Å². The molecule has 0 radical (unpaired) electrons. The number of likely N-dealkylation sites (N-methyl/N-ethyl adjacent to an activating group) is 1. The second kappa shape index (κ2) is 7.73. The van der Waals surface area contributed by atoms with Gasteiger partial charge in [0, 0.05) is 57.2 Å². The van der Waals surface area contributed by atoms with Crippen LogP contribution in [-0.4, -0.2) is 62.2 Å². The largest absolute Gasteiger partial charge is 0.385 e. The molecule has 0 aliphatic carbocycles. The van der Waals surface area contributed by atoms with Gasteiger partial charge in [-0.15, -0.1) is 0 Å². The Morgan fingerprint density at radius 1 is 1.35 bits per heavy atom. The van der Waals surface area contributed by atoms with Gasteiger partial charge in [0.15, 0.2) is 5.78 Å². The average molecular weight is 359 g/mol. The first kappa shape index (κ1) is 18.8. The molecule has 3 rings (SSSR count). The Morgan fingerprint density at radius 2 is 2.12 bits per heavy atom. The maximum Gasteiger partial charge on any atom is 0.161 e. The SMILES string of the molecule is CC(=O)c1cc(CN2CCCn3nc(C(O)CN(C)C)cc3C2)n(C)c1. The molecule has 26 heavy (non-hydrogen) atoms. The summed E-state index contributed by atoms with van der Waals surface area (Å²) in [7, 11) is 5.88. The van der Waals surface area contributed by atoms with E-state index in [-0.39, 0.29) is 5.78 Å². The predicted octanol–water partition coefficient (Wildman–Crippen LogP) is 1.43. The molecule has 0 saturated carbocycles. The fraction of sp³-hybridized carbons (Fsp3) is 0.579. The Bertz CT molecular complexity index is 777. The maximum absolute atomic E-state index is 11.6. The van der Waals surface area contributed by atoms with Crippen molar-refractivity contribution in [3.05, 3.63) is 41.0 Å². The summed E-state index contributed by atoms with van der Waals surface area (Å²) < 4.78 is 4.06. The third kappa shape index (κ3) is 4.23. The summed E-state index contributed by atoms with van der Waals surface area (Å²) in [6.07, 6.45) is 2.35. The molecule has 2 aromatic rings. The van der Waals surface area contributed by atoms with Crippen molar-refractivity contribution >= 4 is 5.78 Å². The van der Waals surface area contributed by atoms with Gasteiger partial charge in [0.25, 0.3) is 0 Å². The summed E-state index contributed by atoms with van der Waals surface area (Å²) in [5, 5.41) is 14.9. The van der Waals surface area contributed by atoms with Gasteiger partial charge < -0.3 is 14.6 Å². The zero-order valence-electron chi connectivity index (χ0n) is 16.1. The summed E-state index contributed by atoms with van der Waals surface area (Å²) in [5.74, 6) is 0.0975. The van der Waals surface area contributed by atoms with Crippen LogP contribution in [0.5, 0.6) is 0 Å². The molecule has 7 nitrogen and oxygen atoms in total. The van der Waals surface area contributed by atoms with Crippen LogP contribution in [0.4, 0.5) is 0 Å². The molecular weight excluding hydrogens is 330 g/mol. The Hall–Kier alpha value is -1.96. The number of fused-ring (bicyclic) bond motifs is 1. The van der Waals surface area contributed by atoms with Crippen LogP contribution in [0, 0.1) is 0 Å². The van der Waals surface area contributed by atoms with Crippen LogP contribution in [0.25, 0.3) is 0 Å². The molecule has 142 valence electrons. The van der Waals surface area contributed by atoms with Crippen LogP contribution in [0.2, 0.25) is 0 Å². The summed E-state index contributed by atoms with van der Waals surface area (Å²) >= 11 is 0. The number of hydrogen-bond donors (Lipinski definition) is 1. The average Bonchev–Trinajstić information content (AvgIpc) is 3.06. The monoisotopic (exact) mass is 359 g/mol. The Morgan fingerprint density at radius 3 is 2.77 bits per heavy atom. The third-order valence-electron chi connectivity index (χ3n) is 4.89. The third-order valence-corrected chi connectivity index (χ3v) is 4.89. The number of rotatable bonds is 6. The van der Waals surface area contributed by atoms with Crippen molar-refractivity contribution in [1.29, 1.82) is 0 Å². The maximum atomic E-state index is 11.6. The molecule has 0 fully saturated rings. The molecule has 3 heterocycles. The lowest BCUT2D eigenvalue weighted by molar-refractivity contribution is 0.101. The minimum atomic E-state index is -0.566. The van der Waals surface area contributed by atoms with E-state index in [9.17, 15) is 9.90 Å². The van der Waals surface area contributed by atoms with E-state index in [1.807, 2.05) is 53.6 Å². The van der Waals surface area contributed by atoms with Crippen LogP contribution < -0.4 is 0 Å². The first-order chi connectivity index (χ1) is 12.3. The van der Waals surface area contributed by atoms with Crippen LogP contribution in [-0.2, 0) is 26.7 Å². The summed E-state index contributed by atoms with van der Waals surface area (Å²) in [6, 6.07) is 4.01. The van der Waals surface area contributed by atoms with Gasteiger partial charge in [0.05, 0.1) is 11.4 Å². The van der Waals surface area contributed by atoms with E-state index in [0.717, 1.165) is 55.2 Å². The van der Waals surface area contributed by atoms with E-state index in [1.165, 1.54) is 0 Å². The first-order valence-electron chi connectivity index (χ1n) is 9.11. The second-order valence-electron chi connectivity index (χ2n) is 7.51. The van der Waals surface area contributed by atoms with Gasteiger partial charge in [0.1, 0.15) is 6.10 Å². The van der Waals surface area contributed by atoms with Crippen LogP contribution in [0.3, 0.4) is 0 Å². The molecule has 0 aromatic carbocycles.